The maximum Gasteiger partial charge on any atom is 0.466 e. The van der Waals surface area contributed by atoms with E-state index < -0.39 is 7.82 Å². The molecule has 9 nitrogen and oxygen atoms in total. The molecule has 0 radical (unpaired) electrons. The smallest absolute Gasteiger partial charge is 0.340 e. The number of carbonyl (C=O) groups excluding carboxylic acids is 3. The van der Waals surface area contributed by atoms with Gasteiger partial charge in [-0.15, -0.1) is 22.7 Å². The van der Waals surface area contributed by atoms with E-state index in [1.165, 1.54) is 11.3 Å². The number of thiophene rings is 2. The highest BCUT2D eigenvalue weighted by molar-refractivity contribution is 7.45. The lowest BCUT2D eigenvalue weighted by atomic mass is 9.95. The van der Waals surface area contributed by atoms with Gasteiger partial charge in [0.2, 0.25) is 5.78 Å². The number of fused-ring (bicyclic) bond motifs is 2. The Bertz CT molecular complexity index is 904. The molecule has 0 aromatic carbocycles. The van der Waals surface area contributed by atoms with Gasteiger partial charge in [-0.2, -0.15) is 0 Å². The Hall–Kier alpha value is -1.72. The first kappa shape index (κ1) is 22.6. The van der Waals surface area contributed by atoms with Crippen LogP contribution in [0.15, 0.2) is 17.5 Å². The average molecular weight is 446 g/mol. The van der Waals surface area contributed by atoms with Crippen LogP contribution in [0.25, 0.3) is 0 Å². The summed E-state index contributed by atoms with van der Waals surface area (Å²) >= 11 is 2.39. The Kier molecular flexibility index (Phi) is 7.05. The van der Waals surface area contributed by atoms with E-state index in [0.29, 0.717) is 32.3 Å². The molecule has 0 aliphatic heterocycles. The molecule has 2 aromatic heterocycles. The monoisotopic (exact) mass is 446 g/mol. The van der Waals surface area contributed by atoms with Gasteiger partial charge >= 0.3 is 7.82 Å². The predicted molar refractivity (Wildman–Crippen MR) is 105 cm³/mol. The normalized spacial score (nSPS) is 13.0. The maximum absolute atomic E-state index is 12.5. The lowest BCUT2D eigenvalue weighted by Crippen LogP contribution is -2.33. The molecule has 0 unspecified atom stereocenters. The summed E-state index contributed by atoms with van der Waals surface area (Å²) in [6.07, 6.45) is 0. The molecule has 2 aromatic rings. The van der Waals surface area contributed by atoms with Gasteiger partial charge in [0.15, 0.2) is 5.78 Å². The molecule has 1 aliphatic rings. The zero-order chi connectivity index (χ0) is 21.2. The fourth-order valence-electron chi connectivity index (χ4n) is 2.39. The average Bonchev–Trinajstić information content (AvgIpc) is 3.22. The first-order chi connectivity index (χ1) is 12.9. The van der Waals surface area contributed by atoms with E-state index in [2.05, 4.69) is 0 Å². The third-order valence-electron chi connectivity index (χ3n) is 3.74. The highest BCUT2D eigenvalue weighted by Gasteiger charge is 2.34. The van der Waals surface area contributed by atoms with Crippen LogP contribution in [0.5, 0.6) is 0 Å². The van der Waals surface area contributed by atoms with Crippen LogP contribution in [-0.2, 0) is 4.57 Å². The summed E-state index contributed by atoms with van der Waals surface area (Å²) in [5, 5.41) is 1.75. The summed E-state index contributed by atoms with van der Waals surface area (Å²) in [5.41, 5.74) is 0.806. The predicted octanol–water partition coefficient (Wildman–Crippen LogP) is 1.29. The SMILES string of the molecule is CN(C)CCN(C)C(=O)c1cc2c(s1)C(=O)c1sccc1C2=O.O=P(O)(O)O. The highest BCUT2D eigenvalue weighted by Crippen LogP contribution is 2.35. The minimum absolute atomic E-state index is 0.149. The van der Waals surface area contributed by atoms with Crippen molar-refractivity contribution in [2.75, 3.05) is 34.2 Å². The summed E-state index contributed by atoms with van der Waals surface area (Å²) in [4.78, 5) is 63.9. The van der Waals surface area contributed by atoms with Crippen molar-refractivity contribution in [2.45, 2.75) is 0 Å². The Balaban J connectivity index is 0.000000500. The van der Waals surface area contributed by atoms with E-state index in [1.807, 2.05) is 19.0 Å². The lowest BCUT2D eigenvalue weighted by molar-refractivity contribution is 0.0791. The van der Waals surface area contributed by atoms with Crippen LogP contribution in [0.1, 0.15) is 40.1 Å². The fourth-order valence-corrected chi connectivity index (χ4v) is 4.38. The third kappa shape index (κ3) is 5.42. The quantitative estimate of drug-likeness (QED) is 0.510. The second kappa shape index (κ2) is 8.75. The number of likely N-dealkylation sites (N-methyl/N-ethyl adjacent to an activating group) is 2. The van der Waals surface area contributed by atoms with Crippen molar-refractivity contribution in [3.05, 3.63) is 43.3 Å². The Morgan fingerprint density at radius 2 is 1.64 bits per heavy atom. The van der Waals surface area contributed by atoms with Crippen molar-refractivity contribution in [3.8, 4) is 0 Å². The molecule has 0 saturated carbocycles. The van der Waals surface area contributed by atoms with Gasteiger partial charge in [-0.3, -0.25) is 14.4 Å². The van der Waals surface area contributed by atoms with E-state index in [1.54, 1.807) is 29.5 Å². The summed E-state index contributed by atoms with van der Waals surface area (Å²) in [7, 11) is 0.973. The summed E-state index contributed by atoms with van der Waals surface area (Å²) in [6.45, 7) is 1.34. The van der Waals surface area contributed by atoms with Crippen LogP contribution in [0, 0.1) is 0 Å². The Morgan fingerprint density at radius 1 is 1.04 bits per heavy atom. The maximum atomic E-state index is 12.5. The lowest BCUT2D eigenvalue weighted by Gasteiger charge is -2.18. The van der Waals surface area contributed by atoms with Crippen molar-refractivity contribution in [1.82, 2.24) is 9.80 Å². The summed E-state index contributed by atoms with van der Waals surface area (Å²) in [6, 6.07) is 3.24. The topological polar surface area (TPSA) is 135 Å². The number of hydrogen-bond donors (Lipinski definition) is 3. The van der Waals surface area contributed by atoms with Crippen molar-refractivity contribution in [2.24, 2.45) is 0 Å². The standard InChI is InChI=1S/C16H16N2O3S2.H3O4P/c1-17(2)5-6-18(3)16(21)11-8-10-12(19)9-4-7-22-14(9)13(20)15(10)23-11;1-5(2,3)4/h4,7-8H,5-6H2,1-3H3;(H3,1,2,3,4). The van der Waals surface area contributed by atoms with Gasteiger partial charge in [0.05, 0.1) is 14.6 Å². The molecule has 1 aliphatic carbocycles. The number of ketones is 2. The summed E-state index contributed by atoms with van der Waals surface area (Å²) < 4.78 is 8.88. The molecule has 1 amide bonds. The Morgan fingerprint density at radius 3 is 2.21 bits per heavy atom. The van der Waals surface area contributed by atoms with Crippen LogP contribution in [0.2, 0.25) is 0 Å². The molecule has 0 saturated heterocycles. The Labute approximate surface area is 169 Å². The molecule has 2 heterocycles. The van der Waals surface area contributed by atoms with E-state index in [4.69, 9.17) is 19.2 Å². The van der Waals surface area contributed by atoms with Crippen molar-refractivity contribution >= 4 is 48.0 Å². The van der Waals surface area contributed by atoms with Crippen LogP contribution in [0.3, 0.4) is 0 Å². The number of phosphoric acid groups is 1. The first-order valence-electron chi connectivity index (χ1n) is 7.89. The van der Waals surface area contributed by atoms with Gasteiger partial charge in [-0.25, -0.2) is 4.57 Å². The minimum Gasteiger partial charge on any atom is -0.340 e. The first-order valence-corrected chi connectivity index (χ1v) is 11.2. The molecule has 152 valence electrons. The molecule has 3 rings (SSSR count). The number of hydrogen-bond acceptors (Lipinski definition) is 7. The molecule has 28 heavy (non-hydrogen) atoms. The zero-order valence-corrected chi connectivity index (χ0v) is 17.8. The number of carbonyl (C=O) groups is 3. The number of rotatable bonds is 4. The van der Waals surface area contributed by atoms with Gasteiger partial charge in [0.1, 0.15) is 0 Å². The molecular weight excluding hydrogens is 427 g/mol. The van der Waals surface area contributed by atoms with E-state index in [9.17, 15) is 14.4 Å². The van der Waals surface area contributed by atoms with Gasteiger partial charge in [0.25, 0.3) is 5.91 Å². The second-order valence-electron chi connectivity index (χ2n) is 6.22. The van der Waals surface area contributed by atoms with Crippen molar-refractivity contribution in [1.29, 1.82) is 0 Å². The van der Waals surface area contributed by atoms with Crippen molar-refractivity contribution < 1.29 is 33.6 Å². The minimum atomic E-state index is -4.64. The number of nitrogens with zero attached hydrogens (tertiary/aromatic N) is 2. The van der Waals surface area contributed by atoms with Crippen molar-refractivity contribution in [3.63, 3.8) is 0 Å². The highest BCUT2D eigenvalue weighted by atomic mass is 32.1. The van der Waals surface area contributed by atoms with Gasteiger partial charge in [-0.1, -0.05) is 0 Å². The molecule has 3 N–H and O–H groups in total. The van der Waals surface area contributed by atoms with Gasteiger partial charge in [-0.05, 0) is 31.6 Å². The third-order valence-corrected chi connectivity index (χ3v) is 5.77. The van der Waals surface area contributed by atoms with Gasteiger partial charge in [0, 0.05) is 31.3 Å². The molecule has 0 fully saturated rings. The summed E-state index contributed by atoms with van der Waals surface area (Å²) in [5.74, 6) is -0.470. The largest absolute Gasteiger partial charge is 0.466 e. The zero-order valence-electron chi connectivity index (χ0n) is 15.3. The molecule has 0 bridgehead atoms. The van der Waals surface area contributed by atoms with Crippen LogP contribution < -0.4 is 0 Å². The van der Waals surface area contributed by atoms with Gasteiger partial charge < -0.3 is 24.5 Å². The molecular formula is C16H19N2O7PS2. The molecule has 12 heteroatoms. The van der Waals surface area contributed by atoms with Crippen LogP contribution in [-0.4, -0.2) is 76.2 Å². The van der Waals surface area contributed by atoms with Crippen LogP contribution in [0.4, 0.5) is 0 Å². The molecule has 0 atom stereocenters. The molecule has 0 spiro atoms. The van der Waals surface area contributed by atoms with E-state index in [-0.39, 0.29) is 17.5 Å². The second-order valence-corrected chi connectivity index (χ2v) is 9.21. The fraction of sp³-hybridized carbons (Fsp3) is 0.312. The number of amides is 1. The van der Waals surface area contributed by atoms with E-state index in [0.717, 1.165) is 17.9 Å². The van der Waals surface area contributed by atoms with Crippen LogP contribution >= 0.6 is 30.5 Å². The van der Waals surface area contributed by atoms with E-state index >= 15 is 0 Å².